The van der Waals surface area contributed by atoms with Gasteiger partial charge in [-0.25, -0.2) is 0 Å². The summed E-state index contributed by atoms with van der Waals surface area (Å²) in [6.07, 6.45) is 14.3. The zero-order valence-corrected chi connectivity index (χ0v) is 10.7. The molecule has 0 amide bonds. The third kappa shape index (κ3) is 15.2. The Labute approximate surface area is 105 Å². The molecule has 0 aromatic heterocycles. The van der Waals surface area contributed by atoms with E-state index in [9.17, 15) is 4.79 Å². The number of unbranched alkanes of at least 4 members (excludes halogenated alkanes) is 7. The standard InChI is InChI=1S/C14H26O3/c15-13-11-9-7-5-3-1-2-4-6-8-10-12-14(16)17/h4,6,15H,1-3,5,7-13H2,(H,16,17). The molecule has 0 aliphatic rings. The van der Waals surface area contributed by atoms with E-state index in [1.807, 2.05) is 0 Å². The van der Waals surface area contributed by atoms with Crippen LogP contribution in [0.1, 0.15) is 64.2 Å². The summed E-state index contributed by atoms with van der Waals surface area (Å²) < 4.78 is 0. The van der Waals surface area contributed by atoms with Crippen molar-refractivity contribution in [3.05, 3.63) is 12.2 Å². The largest absolute Gasteiger partial charge is 0.481 e. The van der Waals surface area contributed by atoms with Gasteiger partial charge in [-0.15, -0.1) is 0 Å². The van der Waals surface area contributed by atoms with Crippen LogP contribution in [0.2, 0.25) is 0 Å². The maximum Gasteiger partial charge on any atom is 0.303 e. The highest BCUT2D eigenvalue weighted by Crippen LogP contribution is 2.07. The molecule has 0 saturated carbocycles. The summed E-state index contributed by atoms with van der Waals surface area (Å²) >= 11 is 0. The van der Waals surface area contributed by atoms with Gasteiger partial charge in [-0.3, -0.25) is 4.79 Å². The Morgan fingerprint density at radius 3 is 1.94 bits per heavy atom. The van der Waals surface area contributed by atoms with Crippen molar-refractivity contribution < 1.29 is 15.0 Å². The van der Waals surface area contributed by atoms with Crippen molar-refractivity contribution in [3.8, 4) is 0 Å². The van der Waals surface area contributed by atoms with Gasteiger partial charge in [0.05, 0.1) is 0 Å². The quantitative estimate of drug-likeness (QED) is 0.406. The van der Waals surface area contributed by atoms with E-state index in [0.717, 1.165) is 32.1 Å². The molecular weight excluding hydrogens is 216 g/mol. The van der Waals surface area contributed by atoms with Crippen molar-refractivity contribution in [2.24, 2.45) is 0 Å². The van der Waals surface area contributed by atoms with Crippen LogP contribution in [0.5, 0.6) is 0 Å². The second-order valence-electron chi connectivity index (χ2n) is 4.39. The van der Waals surface area contributed by atoms with Crippen molar-refractivity contribution in [1.29, 1.82) is 0 Å². The first-order valence-corrected chi connectivity index (χ1v) is 6.75. The molecule has 0 spiro atoms. The average Bonchev–Trinajstić information content (AvgIpc) is 2.30. The molecule has 0 aliphatic carbocycles. The first kappa shape index (κ1) is 16.2. The number of rotatable bonds is 12. The Morgan fingerprint density at radius 1 is 0.824 bits per heavy atom. The normalized spacial score (nSPS) is 11.1. The van der Waals surface area contributed by atoms with Crippen LogP contribution >= 0.6 is 0 Å². The number of hydrogen-bond donors (Lipinski definition) is 2. The first-order chi connectivity index (χ1) is 8.27. The number of carboxylic acids is 1. The van der Waals surface area contributed by atoms with Gasteiger partial charge in [0.2, 0.25) is 0 Å². The van der Waals surface area contributed by atoms with E-state index in [4.69, 9.17) is 10.2 Å². The molecule has 0 atom stereocenters. The minimum Gasteiger partial charge on any atom is -0.481 e. The second-order valence-corrected chi connectivity index (χ2v) is 4.39. The lowest BCUT2D eigenvalue weighted by Gasteiger charge is -1.98. The van der Waals surface area contributed by atoms with E-state index in [1.54, 1.807) is 0 Å². The second kappa shape index (κ2) is 13.2. The fourth-order valence-electron chi connectivity index (χ4n) is 1.69. The van der Waals surface area contributed by atoms with Crippen molar-refractivity contribution in [2.45, 2.75) is 64.2 Å². The molecule has 0 aromatic rings. The number of aliphatic carboxylic acids is 1. The fourth-order valence-corrected chi connectivity index (χ4v) is 1.69. The van der Waals surface area contributed by atoms with E-state index in [2.05, 4.69) is 12.2 Å². The SMILES string of the molecule is O=C(O)CCCC=CCCCCCCCCO. The van der Waals surface area contributed by atoms with E-state index < -0.39 is 5.97 Å². The minimum atomic E-state index is -0.707. The van der Waals surface area contributed by atoms with Gasteiger partial charge in [-0.2, -0.15) is 0 Å². The topological polar surface area (TPSA) is 57.5 Å². The lowest BCUT2D eigenvalue weighted by molar-refractivity contribution is -0.137. The summed E-state index contributed by atoms with van der Waals surface area (Å²) in [5.41, 5.74) is 0. The van der Waals surface area contributed by atoms with Crippen LogP contribution in [0.3, 0.4) is 0 Å². The van der Waals surface area contributed by atoms with Gasteiger partial charge in [0.15, 0.2) is 0 Å². The highest BCUT2D eigenvalue weighted by atomic mass is 16.4. The maximum absolute atomic E-state index is 10.2. The Kier molecular flexibility index (Phi) is 12.6. The van der Waals surface area contributed by atoms with E-state index in [0.29, 0.717) is 6.61 Å². The Morgan fingerprint density at radius 2 is 1.35 bits per heavy atom. The summed E-state index contributed by atoms with van der Waals surface area (Å²) in [7, 11) is 0. The number of carbonyl (C=O) groups is 1. The van der Waals surface area contributed by atoms with Gasteiger partial charge >= 0.3 is 5.97 Å². The smallest absolute Gasteiger partial charge is 0.303 e. The molecule has 100 valence electrons. The molecular formula is C14H26O3. The maximum atomic E-state index is 10.2. The van der Waals surface area contributed by atoms with Gasteiger partial charge in [0, 0.05) is 13.0 Å². The molecule has 0 bridgehead atoms. The van der Waals surface area contributed by atoms with Crippen LogP contribution < -0.4 is 0 Å². The van der Waals surface area contributed by atoms with Crippen LogP contribution in [0.15, 0.2) is 12.2 Å². The molecule has 0 radical (unpaired) electrons. The number of aliphatic hydroxyl groups is 1. The third-order valence-electron chi connectivity index (χ3n) is 2.71. The predicted molar refractivity (Wildman–Crippen MR) is 70.0 cm³/mol. The fraction of sp³-hybridized carbons (Fsp3) is 0.786. The average molecular weight is 242 g/mol. The highest BCUT2D eigenvalue weighted by molar-refractivity contribution is 5.66. The molecule has 0 heterocycles. The summed E-state index contributed by atoms with van der Waals surface area (Å²) in [6.45, 7) is 0.319. The Hall–Kier alpha value is -0.830. The van der Waals surface area contributed by atoms with Crippen LogP contribution in [0, 0.1) is 0 Å². The number of aliphatic hydroxyl groups excluding tert-OH is 1. The van der Waals surface area contributed by atoms with E-state index >= 15 is 0 Å². The summed E-state index contributed by atoms with van der Waals surface area (Å²) in [5, 5.41) is 17.0. The highest BCUT2D eigenvalue weighted by Gasteiger charge is 1.93. The molecule has 17 heavy (non-hydrogen) atoms. The molecule has 2 N–H and O–H groups in total. The van der Waals surface area contributed by atoms with Gasteiger partial charge in [0.1, 0.15) is 0 Å². The monoisotopic (exact) mass is 242 g/mol. The predicted octanol–water partition coefficient (Wildman–Crippen LogP) is 3.52. The minimum absolute atomic E-state index is 0.273. The number of carboxylic acid groups (broad SMARTS) is 1. The number of allylic oxidation sites excluding steroid dienone is 2. The lowest BCUT2D eigenvalue weighted by Crippen LogP contribution is -1.92. The van der Waals surface area contributed by atoms with Crippen LogP contribution in [-0.2, 0) is 4.79 Å². The number of hydrogen-bond acceptors (Lipinski definition) is 2. The molecule has 0 unspecified atom stereocenters. The zero-order valence-electron chi connectivity index (χ0n) is 10.7. The van der Waals surface area contributed by atoms with Crippen LogP contribution in [-0.4, -0.2) is 22.8 Å². The van der Waals surface area contributed by atoms with Crippen molar-refractivity contribution >= 4 is 5.97 Å². The molecule has 0 aromatic carbocycles. The molecule has 0 fully saturated rings. The zero-order chi connectivity index (χ0) is 12.8. The first-order valence-electron chi connectivity index (χ1n) is 6.75. The summed E-state index contributed by atoms with van der Waals surface area (Å²) in [6, 6.07) is 0. The van der Waals surface area contributed by atoms with Crippen molar-refractivity contribution in [3.63, 3.8) is 0 Å². The van der Waals surface area contributed by atoms with E-state index in [-0.39, 0.29) is 6.42 Å². The van der Waals surface area contributed by atoms with Crippen LogP contribution in [0.4, 0.5) is 0 Å². The summed E-state index contributed by atoms with van der Waals surface area (Å²) in [4.78, 5) is 10.2. The molecule has 3 nitrogen and oxygen atoms in total. The van der Waals surface area contributed by atoms with Crippen molar-refractivity contribution in [1.82, 2.24) is 0 Å². The molecule has 3 heteroatoms. The van der Waals surface area contributed by atoms with Gasteiger partial charge in [0.25, 0.3) is 0 Å². The van der Waals surface area contributed by atoms with Gasteiger partial charge < -0.3 is 10.2 Å². The molecule has 0 rings (SSSR count). The van der Waals surface area contributed by atoms with Gasteiger partial charge in [-0.1, -0.05) is 37.8 Å². The Bertz CT molecular complexity index is 200. The lowest BCUT2D eigenvalue weighted by atomic mass is 10.1. The third-order valence-corrected chi connectivity index (χ3v) is 2.71. The van der Waals surface area contributed by atoms with Crippen molar-refractivity contribution in [2.75, 3.05) is 6.61 Å². The molecule has 0 saturated heterocycles. The molecule has 0 aliphatic heterocycles. The summed E-state index contributed by atoms with van der Waals surface area (Å²) in [5.74, 6) is -0.707. The van der Waals surface area contributed by atoms with E-state index in [1.165, 1.54) is 25.7 Å². The Balaban J connectivity index is 3.06. The van der Waals surface area contributed by atoms with Crippen LogP contribution in [0.25, 0.3) is 0 Å². The van der Waals surface area contributed by atoms with Gasteiger partial charge in [-0.05, 0) is 32.1 Å².